The normalized spacial score (nSPS) is 10.1. The van der Waals surface area contributed by atoms with Gasteiger partial charge in [-0.3, -0.25) is 0 Å². The SMILES string of the molecule is CNc1ncnc(Oc2ccc(C)cc2C)c1OC. The second-order valence-electron chi connectivity index (χ2n) is 4.18. The zero-order chi connectivity index (χ0) is 13.8. The Labute approximate surface area is 112 Å². The molecule has 0 bridgehead atoms. The van der Waals surface area contributed by atoms with Gasteiger partial charge in [0.25, 0.3) is 5.88 Å². The van der Waals surface area contributed by atoms with Gasteiger partial charge in [0, 0.05) is 7.05 Å². The van der Waals surface area contributed by atoms with E-state index in [0.29, 0.717) is 17.4 Å². The van der Waals surface area contributed by atoms with Crippen LogP contribution in [0.4, 0.5) is 5.82 Å². The van der Waals surface area contributed by atoms with Crippen molar-refractivity contribution in [2.45, 2.75) is 13.8 Å². The van der Waals surface area contributed by atoms with Crippen molar-refractivity contribution in [1.82, 2.24) is 9.97 Å². The predicted molar refractivity (Wildman–Crippen MR) is 74.1 cm³/mol. The molecule has 1 aromatic heterocycles. The lowest BCUT2D eigenvalue weighted by Crippen LogP contribution is -2.01. The minimum atomic E-state index is 0.397. The Hall–Kier alpha value is -2.30. The van der Waals surface area contributed by atoms with Gasteiger partial charge < -0.3 is 14.8 Å². The van der Waals surface area contributed by atoms with E-state index in [1.807, 2.05) is 26.0 Å². The van der Waals surface area contributed by atoms with Crippen molar-refractivity contribution in [2.75, 3.05) is 19.5 Å². The van der Waals surface area contributed by atoms with Crippen LogP contribution in [0, 0.1) is 13.8 Å². The van der Waals surface area contributed by atoms with Gasteiger partial charge in [0.1, 0.15) is 12.1 Å². The third-order valence-electron chi connectivity index (χ3n) is 2.75. The molecule has 1 heterocycles. The lowest BCUT2D eigenvalue weighted by atomic mass is 10.1. The van der Waals surface area contributed by atoms with Gasteiger partial charge in [-0.05, 0) is 25.5 Å². The monoisotopic (exact) mass is 259 g/mol. The van der Waals surface area contributed by atoms with Crippen molar-refractivity contribution >= 4 is 5.82 Å². The van der Waals surface area contributed by atoms with E-state index in [-0.39, 0.29) is 0 Å². The van der Waals surface area contributed by atoms with E-state index in [1.54, 1.807) is 14.2 Å². The number of aromatic nitrogens is 2. The molecular weight excluding hydrogens is 242 g/mol. The van der Waals surface area contributed by atoms with Gasteiger partial charge >= 0.3 is 0 Å². The molecule has 0 amide bonds. The molecule has 0 aliphatic heterocycles. The molecule has 0 aliphatic carbocycles. The summed E-state index contributed by atoms with van der Waals surface area (Å²) in [6.07, 6.45) is 1.44. The molecule has 0 radical (unpaired) electrons. The minimum absolute atomic E-state index is 0.397. The Bertz CT molecular complexity index is 585. The summed E-state index contributed by atoms with van der Waals surface area (Å²) in [6.45, 7) is 4.04. The zero-order valence-electron chi connectivity index (χ0n) is 11.5. The highest BCUT2D eigenvalue weighted by Gasteiger charge is 2.14. The first kappa shape index (κ1) is 13.1. The number of hydrogen-bond acceptors (Lipinski definition) is 5. The lowest BCUT2D eigenvalue weighted by Gasteiger charge is -2.13. The average molecular weight is 259 g/mol. The molecule has 0 saturated carbocycles. The van der Waals surface area contributed by atoms with Crippen molar-refractivity contribution in [3.63, 3.8) is 0 Å². The summed E-state index contributed by atoms with van der Waals surface area (Å²) in [5.41, 5.74) is 2.24. The summed E-state index contributed by atoms with van der Waals surface area (Å²) in [5.74, 6) is 2.24. The number of ether oxygens (including phenoxy) is 2. The van der Waals surface area contributed by atoms with Crippen LogP contribution in [0.3, 0.4) is 0 Å². The fourth-order valence-corrected chi connectivity index (χ4v) is 1.81. The summed E-state index contributed by atoms with van der Waals surface area (Å²) < 4.78 is 11.1. The van der Waals surface area contributed by atoms with Gasteiger partial charge in [0.05, 0.1) is 7.11 Å². The van der Waals surface area contributed by atoms with Crippen molar-refractivity contribution in [3.8, 4) is 17.4 Å². The van der Waals surface area contributed by atoms with E-state index < -0.39 is 0 Å². The molecule has 2 rings (SSSR count). The summed E-state index contributed by atoms with van der Waals surface area (Å²) in [4.78, 5) is 8.20. The summed E-state index contributed by atoms with van der Waals surface area (Å²) >= 11 is 0. The number of nitrogens with one attached hydrogen (secondary N) is 1. The Kier molecular flexibility index (Phi) is 3.85. The molecule has 5 nitrogen and oxygen atoms in total. The van der Waals surface area contributed by atoms with Gasteiger partial charge in [-0.25, -0.2) is 4.98 Å². The van der Waals surface area contributed by atoms with Crippen LogP contribution in [-0.2, 0) is 0 Å². The number of aryl methyl sites for hydroxylation is 2. The van der Waals surface area contributed by atoms with Crippen LogP contribution in [0.15, 0.2) is 24.5 Å². The number of benzene rings is 1. The minimum Gasteiger partial charge on any atom is -0.489 e. The van der Waals surface area contributed by atoms with Gasteiger partial charge in [-0.15, -0.1) is 0 Å². The zero-order valence-corrected chi connectivity index (χ0v) is 11.5. The number of hydrogen-bond donors (Lipinski definition) is 1. The smallest absolute Gasteiger partial charge is 0.268 e. The number of anilines is 1. The quantitative estimate of drug-likeness (QED) is 0.914. The third kappa shape index (κ3) is 2.76. The predicted octanol–water partition coefficient (Wildman–Crippen LogP) is 2.94. The molecule has 1 aromatic carbocycles. The largest absolute Gasteiger partial charge is 0.489 e. The van der Waals surface area contributed by atoms with Crippen molar-refractivity contribution in [2.24, 2.45) is 0 Å². The van der Waals surface area contributed by atoms with E-state index >= 15 is 0 Å². The molecule has 2 aromatic rings. The second kappa shape index (κ2) is 5.56. The Balaban J connectivity index is 2.37. The molecule has 0 fully saturated rings. The van der Waals surface area contributed by atoms with Crippen molar-refractivity contribution in [3.05, 3.63) is 35.7 Å². The molecule has 0 atom stereocenters. The Morgan fingerprint density at radius 3 is 2.58 bits per heavy atom. The van der Waals surface area contributed by atoms with Crippen LogP contribution in [0.1, 0.15) is 11.1 Å². The molecule has 5 heteroatoms. The van der Waals surface area contributed by atoms with E-state index in [0.717, 1.165) is 11.3 Å². The Morgan fingerprint density at radius 1 is 1.16 bits per heavy atom. The maximum Gasteiger partial charge on any atom is 0.268 e. The molecule has 100 valence electrons. The van der Waals surface area contributed by atoms with Crippen molar-refractivity contribution < 1.29 is 9.47 Å². The highest BCUT2D eigenvalue weighted by atomic mass is 16.5. The Morgan fingerprint density at radius 2 is 1.95 bits per heavy atom. The van der Waals surface area contributed by atoms with Gasteiger partial charge in [-0.1, -0.05) is 17.7 Å². The molecule has 19 heavy (non-hydrogen) atoms. The molecule has 1 N–H and O–H groups in total. The van der Waals surface area contributed by atoms with Gasteiger partial charge in [0.2, 0.25) is 5.75 Å². The first-order chi connectivity index (χ1) is 9.15. The van der Waals surface area contributed by atoms with Crippen molar-refractivity contribution in [1.29, 1.82) is 0 Å². The average Bonchev–Trinajstić information content (AvgIpc) is 2.41. The van der Waals surface area contributed by atoms with Crippen LogP contribution in [0.25, 0.3) is 0 Å². The van der Waals surface area contributed by atoms with Crippen LogP contribution in [0.2, 0.25) is 0 Å². The number of methoxy groups -OCH3 is 1. The number of rotatable bonds is 4. The molecule has 0 spiro atoms. The summed E-state index contributed by atoms with van der Waals surface area (Å²) in [5, 5.41) is 2.94. The maximum absolute atomic E-state index is 5.81. The van der Waals surface area contributed by atoms with Gasteiger partial charge in [-0.2, -0.15) is 4.98 Å². The van der Waals surface area contributed by atoms with Crippen LogP contribution < -0.4 is 14.8 Å². The standard InChI is InChI=1S/C14H17N3O2/c1-9-5-6-11(10(2)7-9)19-14-12(18-4)13(15-3)16-8-17-14/h5-8H,1-4H3,(H,15,16,17). The fraction of sp³-hybridized carbons (Fsp3) is 0.286. The maximum atomic E-state index is 5.81. The van der Waals surface area contributed by atoms with Gasteiger partial charge in [0.15, 0.2) is 5.82 Å². The highest BCUT2D eigenvalue weighted by Crippen LogP contribution is 2.34. The molecule has 0 saturated heterocycles. The van der Waals surface area contributed by atoms with Crippen LogP contribution in [0.5, 0.6) is 17.4 Å². The first-order valence-electron chi connectivity index (χ1n) is 5.97. The summed E-state index contributed by atoms with van der Waals surface area (Å²) in [7, 11) is 3.33. The molecule has 0 unspecified atom stereocenters. The van der Waals surface area contributed by atoms with E-state index in [1.165, 1.54) is 11.9 Å². The number of nitrogens with zero attached hydrogens (tertiary/aromatic N) is 2. The first-order valence-corrected chi connectivity index (χ1v) is 5.97. The fourth-order valence-electron chi connectivity index (χ4n) is 1.81. The molecular formula is C14H17N3O2. The second-order valence-corrected chi connectivity index (χ2v) is 4.18. The third-order valence-corrected chi connectivity index (χ3v) is 2.75. The van der Waals surface area contributed by atoms with E-state index in [9.17, 15) is 0 Å². The van der Waals surface area contributed by atoms with E-state index in [4.69, 9.17) is 9.47 Å². The molecule has 0 aliphatic rings. The van der Waals surface area contributed by atoms with Crippen LogP contribution in [-0.4, -0.2) is 24.1 Å². The van der Waals surface area contributed by atoms with E-state index in [2.05, 4.69) is 21.4 Å². The van der Waals surface area contributed by atoms with Crippen LogP contribution >= 0.6 is 0 Å². The lowest BCUT2D eigenvalue weighted by molar-refractivity contribution is 0.368. The topological polar surface area (TPSA) is 56.3 Å². The summed E-state index contributed by atoms with van der Waals surface area (Å²) in [6, 6.07) is 5.97. The highest BCUT2D eigenvalue weighted by molar-refractivity contribution is 5.55.